The van der Waals surface area contributed by atoms with Crippen molar-refractivity contribution in [1.29, 1.82) is 0 Å². The lowest BCUT2D eigenvalue weighted by molar-refractivity contribution is 0.0732. The number of carbonyl (C=O) groups is 2. The van der Waals surface area contributed by atoms with E-state index >= 15 is 0 Å². The van der Waals surface area contributed by atoms with Crippen LogP contribution in [-0.4, -0.2) is 49.1 Å². The zero-order chi connectivity index (χ0) is 22.9. The van der Waals surface area contributed by atoms with E-state index in [1.807, 2.05) is 0 Å². The van der Waals surface area contributed by atoms with Gasteiger partial charge in [0.25, 0.3) is 5.91 Å². The van der Waals surface area contributed by atoms with E-state index in [0.29, 0.717) is 46.3 Å². The molecule has 0 spiro atoms. The van der Waals surface area contributed by atoms with E-state index < -0.39 is 6.09 Å². The monoisotopic (exact) mass is 485 g/mol. The molecule has 12 heteroatoms. The van der Waals surface area contributed by atoms with Crippen molar-refractivity contribution in [3.8, 4) is 5.88 Å². The van der Waals surface area contributed by atoms with Crippen molar-refractivity contribution in [2.75, 3.05) is 6.54 Å². The smallest absolute Gasteiger partial charge is 0.391 e. The van der Waals surface area contributed by atoms with Crippen LogP contribution >= 0.6 is 23.2 Å². The first-order chi connectivity index (χ1) is 16.0. The Hall–Kier alpha value is -3.63. The molecular weight excluding hydrogens is 469 g/mol. The largest absolute Gasteiger partial charge is 0.414 e. The van der Waals surface area contributed by atoms with Crippen LogP contribution in [0.4, 0.5) is 4.79 Å². The topological polar surface area (TPSA) is 129 Å². The van der Waals surface area contributed by atoms with Gasteiger partial charge in [0.05, 0.1) is 17.8 Å². The lowest BCUT2D eigenvalue weighted by Gasteiger charge is -2.26. The normalized spacial score (nSPS) is 13.1. The van der Waals surface area contributed by atoms with E-state index in [1.165, 1.54) is 0 Å². The number of halogens is 2. The Morgan fingerprint density at radius 1 is 1.12 bits per heavy atom. The van der Waals surface area contributed by atoms with E-state index in [4.69, 9.17) is 27.9 Å². The Morgan fingerprint density at radius 3 is 2.76 bits per heavy atom. The van der Waals surface area contributed by atoms with Gasteiger partial charge in [0.2, 0.25) is 5.88 Å². The summed E-state index contributed by atoms with van der Waals surface area (Å²) in [5, 5.41) is 21.1. The van der Waals surface area contributed by atoms with Gasteiger partial charge in [0.15, 0.2) is 0 Å². The van der Waals surface area contributed by atoms with Crippen LogP contribution in [0.5, 0.6) is 5.88 Å². The maximum Gasteiger partial charge on any atom is 0.414 e. The number of aromatic amines is 2. The van der Waals surface area contributed by atoms with Crippen molar-refractivity contribution >= 4 is 46.2 Å². The first-order valence-corrected chi connectivity index (χ1v) is 10.8. The van der Waals surface area contributed by atoms with Crippen LogP contribution in [-0.2, 0) is 19.5 Å². The molecule has 0 aliphatic carbocycles. The summed E-state index contributed by atoms with van der Waals surface area (Å²) < 4.78 is 5.40. The van der Waals surface area contributed by atoms with Gasteiger partial charge in [-0.2, -0.15) is 5.10 Å². The highest BCUT2D eigenvalue weighted by Gasteiger charge is 2.27. The lowest BCUT2D eigenvalue weighted by Crippen LogP contribution is -2.36. The Kier molecular flexibility index (Phi) is 5.61. The molecule has 4 aromatic rings. The second-order valence-electron chi connectivity index (χ2n) is 7.52. The van der Waals surface area contributed by atoms with Gasteiger partial charge in [0.1, 0.15) is 5.52 Å². The van der Waals surface area contributed by atoms with Gasteiger partial charge < -0.3 is 15.0 Å². The predicted molar refractivity (Wildman–Crippen MR) is 120 cm³/mol. The summed E-state index contributed by atoms with van der Waals surface area (Å²) in [7, 11) is 0. The molecule has 0 saturated heterocycles. The molecule has 10 nitrogen and oxygen atoms in total. The Bertz CT molecular complexity index is 1350. The van der Waals surface area contributed by atoms with Crippen LogP contribution in [0.1, 0.15) is 27.2 Å². The summed E-state index contributed by atoms with van der Waals surface area (Å²) in [6.07, 6.45) is -0.145. The van der Waals surface area contributed by atoms with Crippen molar-refractivity contribution in [2.45, 2.75) is 19.5 Å². The predicted octanol–water partition coefficient (Wildman–Crippen LogP) is 3.47. The molecule has 168 valence electrons. The second kappa shape index (κ2) is 8.72. The number of fused-ring (bicyclic) bond motifs is 2. The fourth-order valence-corrected chi connectivity index (χ4v) is 4.28. The van der Waals surface area contributed by atoms with Crippen molar-refractivity contribution in [2.24, 2.45) is 0 Å². The number of aromatic nitrogens is 5. The van der Waals surface area contributed by atoms with E-state index in [-0.39, 0.29) is 18.3 Å². The fourth-order valence-electron chi connectivity index (χ4n) is 3.71. The number of hydrogen-bond donors (Lipinski definition) is 3. The molecule has 3 heterocycles. The molecule has 33 heavy (non-hydrogen) atoms. The van der Waals surface area contributed by atoms with Crippen LogP contribution in [0.15, 0.2) is 36.4 Å². The van der Waals surface area contributed by atoms with Crippen LogP contribution in [0.3, 0.4) is 0 Å². The van der Waals surface area contributed by atoms with E-state index in [0.717, 1.165) is 16.6 Å². The average molecular weight is 486 g/mol. The third kappa shape index (κ3) is 4.48. The van der Waals surface area contributed by atoms with Crippen LogP contribution in [0, 0.1) is 0 Å². The summed E-state index contributed by atoms with van der Waals surface area (Å²) in [5.41, 5.74) is 4.08. The van der Waals surface area contributed by atoms with Gasteiger partial charge in [-0.05, 0) is 48.4 Å². The number of ether oxygens (including phenoxy) is 1. The highest BCUT2D eigenvalue weighted by molar-refractivity contribution is 6.34. The molecule has 2 amide bonds. The van der Waals surface area contributed by atoms with Crippen molar-refractivity contribution in [1.82, 2.24) is 35.8 Å². The lowest BCUT2D eigenvalue weighted by atomic mass is 10.1. The third-order valence-electron chi connectivity index (χ3n) is 5.30. The molecule has 3 N–H and O–H groups in total. The summed E-state index contributed by atoms with van der Waals surface area (Å²) >= 11 is 12.0. The number of carbonyl (C=O) groups excluding carboxylic acids is 2. The number of nitrogens with one attached hydrogen (secondary N) is 3. The molecule has 2 aromatic heterocycles. The zero-order valence-electron chi connectivity index (χ0n) is 17.1. The molecular formula is C21H17Cl2N7O3. The number of rotatable bonds is 4. The average Bonchev–Trinajstić information content (AvgIpc) is 3.42. The molecule has 1 aliphatic heterocycles. The van der Waals surface area contributed by atoms with Gasteiger partial charge in [-0.15, -0.1) is 5.10 Å². The molecule has 0 unspecified atom stereocenters. The Morgan fingerprint density at radius 2 is 1.94 bits per heavy atom. The molecule has 0 radical (unpaired) electrons. The summed E-state index contributed by atoms with van der Waals surface area (Å²) in [6, 6.07) is 10.2. The van der Waals surface area contributed by atoms with E-state index in [1.54, 1.807) is 41.3 Å². The van der Waals surface area contributed by atoms with Gasteiger partial charge in [-0.25, -0.2) is 9.89 Å². The highest BCUT2D eigenvalue weighted by Crippen LogP contribution is 2.27. The molecule has 0 fully saturated rings. The molecule has 1 aliphatic rings. The van der Waals surface area contributed by atoms with Crippen LogP contribution in [0.2, 0.25) is 10.0 Å². The minimum absolute atomic E-state index is 0.131. The Balaban J connectivity index is 1.22. The quantitative estimate of drug-likeness (QED) is 0.405. The van der Waals surface area contributed by atoms with Gasteiger partial charge >= 0.3 is 6.09 Å². The minimum atomic E-state index is -0.642. The van der Waals surface area contributed by atoms with E-state index in [9.17, 15) is 9.59 Å². The van der Waals surface area contributed by atoms with Crippen LogP contribution < -0.4 is 10.1 Å². The Labute approximate surface area is 197 Å². The number of hydrogen-bond acceptors (Lipinski definition) is 6. The standard InChI is InChI=1S/C21H17Cl2N7O3/c22-13-5-11(6-14(23)8-13)9-24-21(32)33-19-15-3-4-30(10-18(15)25-28-19)20(31)12-1-2-16-17(7-12)27-29-26-16/h1-2,5-8H,3-4,9-10H2,(H,24,32)(H,25,28)(H,26,27,29). The van der Waals surface area contributed by atoms with E-state index in [2.05, 4.69) is 30.9 Å². The number of amides is 2. The second-order valence-corrected chi connectivity index (χ2v) is 8.39. The highest BCUT2D eigenvalue weighted by atomic mass is 35.5. The molecule has 0 atom stereocenters. The molecule has 5 rings (SSSR count). The van der Waals surface area contributed by atoms with Gasteiger partial charge in [-0.1, -0.05) is 28.4 Å². The number of benzene rings is 2. The van der Waals surface area contributed by atoms with Crippen LogP contribution in [0.25, 0.3) is 11.0 Å². The number of nitrogens with zero attached hydrogens (tertiary/aromatic N) is 4. The third-order valence-corrected chi connectivity index (χ3v) is 5.74. The summed E-state index contributed by atoms with van der Waals surface area (Å²) in [5.74, 6) is 0.136. The first kappa shape index (κ1) is 21.2. The van der Waals surface area contributed by atoms with Gasteiger partial charge in [-0.3, -0.25) is 9.89 Å². The SMILES string of the molecule is O=C(NCc1cc(Cl)cc(Cl)c1)Oc1[nH]nc2c1CCN(C(=O)c1ccc3[nH]nnc3c1)C2. The number of H-pyrrole nitrogens is 2. The molecule has 0 bridgehead atoms. The summed E-state index contributed by atoms with van der Waals surface area (Å²) in [4.78, 5) is 26.9. The van der Waals surface area contributed by atoms with Gasteiger partial charge in [0, 0.05) is 34.3 Å². The minimum Gasteiger partial charge on any atom is -0.391 e. The fraction of sp³-hybridized carbons (Fsp3) is 0.190. The van der Waals surface area contributed by atoms with Crippen molar-refractivity contribution < 1.29 is 14.3 Å². The summed E-state index contributed by atoms with van der Waals surface area (Å²) in [6.45, 7) is 0.961. The van der Waals surface area contributed by atoms with Crippen molar-refractivity contribution in [3.05, 3.63) is 68.8 Å². The van der Waals surface area contributed by atoms with Crippen molar-refractivity contribution in [3.63, 3.8) is 0 Å². The first-order valence-electron chi connectivity index (χ1n) is 10.0. The molecule has 2 aromatic carbocycles. The maximum absolute atomic E-state index is 12.9. The zero-order valence-corrected chi connectivity index (χ0v) is 18.6. The molecule has 0 saturated carbocycles. The maximum atomic E-state index is 12.9.